The number of nitrogens with zero attached hydrogens (tertiary/aromatic N) is 2. The average molecular weight is 373 g/mol. The molecule has 136 valence electrons. The minimum absolute atomic E-state index is 0.0552. The number of amides is 1. The number of hydrogen-bond donors (Lipinski definition) is 1. The third kappa shape index (κ3) is 3.06. The van der Waals surface area contributed by atoms with E-state index in [2.05, 4.69) is 10.3 Å². The molecule has 0 radical (unpaired) electrons. The molecular weight excluding hydrogens is 354 g/mol. The molecule has 1 fully saturated rings. The number of nitrogens with one attached hydrogen (secondary N) is 1. The molecule has 3 aromatic rings. The smallest absolute Gasteiger partial charge is 0.256 e. The molecule has 2 bridgehead atoms. The van der Waals surface area contributed by atoms with Crippen LogP contribution in [0.25, 0.3) is 22.3 Å². The lowest BCUT2D eigenvalue weighted by atomic mass is 9.99. The fourth-order valence-corrected chi connectivity index (χ4v) is 4.35. The van der Waals surface area contributed by atoms with E-state index in [0.717, 1.165) is 11.1 Å². The number of pyridine rings is 1. The molecule has 0 unspecified atom stereocenters. The molecule has 0 saturated carbocycles. The van der Waals surface area contributed by atoms with E-state index in [0.29, 0.717) is 42.7 Å². The van der Waals surface area contributed by atoms with Gasteiger partial charge in [0.25, 0.3) is 5.91 Å². The normalized spacial score (nSPS) is 17.0. The van der Waals surface area contributed by atoms with E-state index >= 15 is 0 Å². The van der Waals surface area contributed by atoms with Gasteiger partial charge in [-0.15, -0.1) is 0 Å². The largest absolute Gasteiger partial charge is 0.456 e. The summed E-state index contributed by atoms with van der Waals surface area (Å²) in [7, 11) is -3.18. The summed E-state index contributed by atoms with van der Waals surface area (Å²) in [5.41, 5.74) is 3.41. The molecule has 1 N–H and O–H groups in total. The Hall–Kier alpha value is -2.45. The van der Waals surface area contributed by atoms with Crippen molar-refractivity contribution in [1.82, 2.24) is 14.6 Å². The third-order valence-corrected chi connectivity index (χ3v) is 6.11. The fourth-order valence-electron chi connectivity index (χ4n) is 3.47. The summed E-state index contributed by atoms with van der Waals surface area (Å²) in [6.45, 7) is 0.842. The van der Waals surface area contributed by atoms with Crippen LogP contribution in [-0.2, 0) is 10.0 Å². The number of benzene rings is 1. The number of aromatic nitrogens is 1. The number of piperidine rings is 1. The Kier molecular flexibility index (Phi) is 4.16. The van der Waals surface area contributed by atoms with Gasteiger partial charge < -0.3 is 9.73 Å². The number of furan rings is 2. The minimum Gasteiger partial charge on any atom is -0.456 e. The molecule has 3 aromatic heterocycles. The second-order valence-corrected chi connectivity index (χ2v) is 8.54. The van der Waals surface area contributed by atoms with Crippen LogP contribution in [0.1, 0.15) is 23.2 Å². The molecule has 0 atom stereocenters. The Bertz CT molecular complexity index is 1020. The number of carbonyl (C=O) groups excluding carboxylic acids is 1. The lowest BCUT2D eigenvalue weighted by molar-refractivity contribution is 0.0926. The molecule has 0 aromatic carbocycles. The molecule has 1 amide bonds. The van der Waals surface area contributed by atoms with Gasteiger partial charge in [-0.2, -0.15) is 0 Å². The monoisotopic (exact) mass is 373 g/mol. The van der Waals surface area contributed by atoms with Crippen LogP contribution < -0.4 is 5.32 Å². The molecule has 7 nitrogen and oxygen atoms in total. The fraction of sp³-hybridized carbons (Fsp3) is 0.333. The van der Waals surface area contributed by atoms with Crippen molar-refractivity contribution < 1.29 is 17.6 Å². The standard InChI is InChI=1S/C18H19N3O4S/c1-26(23,24)21-10-6-13(7-11-21)20-18(22)17-15-3-2-14(25-15)16(17)12-4-8-19-9-5-12/h2-5,8-9,13H,6-7,10-11H2,1H3,(H,20,22). The van der Waals surface area contributed by atoms with Crippen molar-refractivity contribution in [2.75, 3.05) is 19.3 Å². The summed E-state index contributed by atoms with van der Waals surface area (Å²) in [4.78, 5) is 16.9. The zero-order valence-electron chi connectivity index (χ0n) is 14.3. The van der Waals surface area contributed by atoms with Crippen LogP contribution in [0, 0.1) is 0 Å². The number of rotatable bonds is 4. The van der Waals surface area contributed by atoms with Crippen LogP contribution >= 0.6 is 0 Å². The van der Waals surface area contributed by atoms with Gasteiger partial charge in [0.1, 0.15) is 11.2 Å². The van der Waals surface area contributed by atoms with E-state index in [9.17, 15) is 13.2 Å². The van der Waals surface area contributed by atoms with Crippen LogP contribution in [0.2, 0.25) is 0 Å². The quantitative estimate of drug-likeness (QED) is 0.756. The first-order valence-electron chi connectivity index (χ1n) is 8.45. The Morgan fingerprint density at radius 2 is 1.81 bits per heavy atom. The summed E-state index contributed by atoms with van der Waals surface area (Å²) in [6, 6.07) is 7.28. The molecule has 4 heterocycles. The number of fused-ring (bicyclic) bond motifs is 2. The van der Waals surface area contributed by atoms with Crippen LogP contribution in [-0.4, -0.2) is 49.0 Å². The number of hydrogen-bond acceptors (Lipinski definition) is 5. The Morgan fingerprint density at radius 1 is 1.15 bits per heavy atom. The second kappa shape index (κ2) is 6.37. The van der Waals surface area contributed by atoms with Crippen molar-refractivity contribution >= 4 is 27.1 Å². The molecule has 0 aliphatic carbocycles. The Morgan fingerprint density at radius 3 is 2.46 bits per heavy atom. The van der Waals surface area contributed by atoms with Gasteiger partial charge in [0.2, 0.25) is 10.0 Å². The summed E-state index contributed by atoms with van der Waals surface area (Å²) in [5, 5.41) is 3.04. The van der Waals surface area contributed by atoms with Crippen LogP contribution in [0.4, 0.5) is 0 Å². The van der Waals surface area contributed by atoms with Crippen LogP contribution in [0.3, 0.4) is 0 Å². The van der Waals surface area contributed by atoms with E-state index in [-0.39, 0.29) is 11.9 Å². The molecule has 26 heavy (non-hydrogen) atoms. The van der Waals surface area contributed by atoms with Crippen LogP contribution in [0.15, 0.2) is 41.1 Å². The summed E-state index contributed by atoms with van der Waals surface area (Å²) in [6.07, 6.45) is 5.77. The Labute approximate surface area is 151 Å². The lowest BCUT2D eigenvalue weighted by Gasteiger charge is -2.30. The summed E-state index contributed by atoms with van der Waals surface area (Å²) in [5.74, 6) is -0.191. The zero-order chi connectivity index (χ0) is 18.3. The van der Waals surface area contributed by atoms with Gasteiger partial charge in [-0.3, -0.25) is 9.78 Å². The maximum atomic E-state index is 12.9. The van der Waals surface area contributed by atoms with Crippen molar-refractivity contribution in [2.45, 2.75) is 18.9 Å². The van der Waals surface area contributed by atoms with E-state index in [1.54, 1.807) is 18.5 Å². The van der Waals surface area contributed by atoms with Gasteiger partial charge in [-0.05, 0) is 42.7 Å². The minimum atomic E-state index is -3.18. The van der Waals surface area contributed by atoms with E-state index in [4.69, 9.17) is 4.42 Å². The maximum absolute atomic E-state index is 12.9. The SMILES string of the molecule is CS(=O)(=O)N1CCC(NC(=O)c2c(-c3ccncc3)c3ccc2o3)CC1. The van der Waals surface area contributed by atoms with Crippen molar-refractivity contribution in [2.24, 2.45) is 0 Å². The zero-order valence-corrected chi connectivity index (χ0v) is 15.1. The van der Waals surface area contributed by atoms with Crippen LogP contribution in [0.5, 0.6) is 0 Å². The van der Waals surface area contributed by atoms with Crippen molar-refractivity contribution in [3.8, 4) is 11.1 Å². The highest BCUT2D eigenvalue weighted by Crippen LogP contribution is 2.36. The van der Waals surface area contributed by atoms with E-state index < -0.39 is 10.0 Å². The number of carbonyl (C=O) groups is 1. The first-order valence-corrected chi connectivity index (χ1v) is 10.3. The van der Waals surface area contributed by atoms with Crippen molar-refractivity contribution in [3.63, 3.8) is 0 Å². The first-order chi connectivity index (χ1) is 12.4. The summed E-state index contributed by atoms with van der Waals surface area (Å²) >= 11 is 0. The van der Waals surface area contributed by atoms with Gasteiger partial charge in [0, 0.05) is 37.1 Å². The van der Waals surface area contributed by atoms with Gasteiger partial charge in [0.15, 0.2) is 0 Å². The Balaban J connectivity index is 1.54. The predicted octanol–water partition coefficient (Wildman–Crippen LogP) is 2.09. The van der Waals surface area contributed by atoms with Gasteiger partial charge >= 0.3 is 0 Å². The van der Waals surface area contributed by atoms with E-state index in [1.807, 2.05) is 18.2 Å². The molecule has 8 heteroatoms. The average Bonchev–Trinajstić information content (AvgIpc) is 3.23. The number of sulfonamides is 1. The maximum Gasteiger partial charge on any atom is 0.256 e. The van der Waals surface area contributed by atoms with Gasteiger partial charge in [-0.25, -0.2) is 12.7 Å². The molecule has 1 aliphatic heterocycles. The highest BCUT2D eigenvalue weighted by Gasteiger charge is 2.29. The molecule has 0 spiro atoms. The second-order valence-electron chi connectivity index (χ2n) is 6.56. The van der Waals surface area contributed by atoms with Gasteiger partial charge in [0.05, 0.1) is 11.8 Å². The molecule has 1 saturated heterocycles. The topological polar surface area (TPSA) is 92.5 Å². The summed E-state index contributed by atoms with van der Waals surface area (Å²) < 4.78 is 30.4. The molecular formula is C18H19N3O4S. The molecule has 1 aliphatic rings. The van der Waals surface area contributed by atoms with E-state index in [1.165, 1.54) is 10.6 Å². The lowest BCUT2D eigenvalue weighted by Crippen LogP contribution is -2.46. The third-order valence-electron chi connectivity index (χ3n) is 4.80. The van der Waals surface area contributed by atoms with Crippen molar-refractivity contribution in [3.05, 3.63) is 42.2 Å². The molecule has 4 rings (SSSR count). The first kappa shape index (κ1) is 17.0. The van der Waals surface area contributed by atoms with Gasteiger partial charge in [-0.1, -0.05) is 0 Å². The predicted molar refractivity (Wildman–Crippen MR) is 97.5 cm³/mol. The highest BCUT2D eigenvalue weighted by atomic mass is 32.2. The highest BCUT2D eigenvalue weighted by molar-refractivity contribution is 7.88. The van der Waals surface area contributed by atoms with Crippen molar-refractivity contribution in [1.29, 1.82) is 0 Å².